The number of hydrogen-bond donors (Lipinski definition) is 0. The van der Waals surface area contributed by atoms with E-state index in [2.05, 4.69) is 62.1 Å². The molecule has 0 aromatic carbocycles. The molecule has 0 amide bonds. The van der Waals surface area contributed by atoms with Crippen LogP contribution < -0.4 is 0 Å². The second-order valence-electron chi connectivity index (χ2n) is 9.57. The zero-order chi connectivity index (χ0) is 17.8. The lowest BCUT2D eigenvalue weighted by Gasteiger charge is -2.63. The normalized spacial score (nSPS) is 43.3. The second kappa shape index (κ2) is 6.71. The van der Waals surface area contributed by atoms with Gasteiger partial charge in [-0.25, -0.2) is 0 Å². The van der Waals surface area contributed by atoms with Crippen molar-refractivity contribution in [1.29, 1.82) is 0 Å². The first kappa shape index (κ1) is 19.5. The Hall–Kier alpha value is 0.715. The molecule has 4 atom stereocenters. The lowest BCUT2D eigenvalue weighted by Crippen LogP contribution is -2.72. The smallest absolute Gasteiger partial charge is 0.0897 e. The van der Waals surface area contributed by atoms with Crippen LogP contribution >= 0.6 is 22.6 Å². The minimum Gasteiger partial charge on any atom is -0.377 e. The minimum atomic E-state index is -0.0810. The summed E-state index contributed by atoms with van der Waals surface area (Å²) in [6.07, 6.45) is 6.34. The Morgan fingerprint density at radius 1 is 1.17 bits per heavy atom. The van der Waals surface area contributed by atoms with Crippen molar-refractivity contribution in [2.24, 2.45) is 23.2 Å². The van der Waals surface area contributed by atoms with E-state index in [0.29, 0.717) is 17.5 Å². The van der Waals surface area contributed by atoms with Gasteiger partial charge in [0, 0.05) is 6.04 Å². The average Bonchev–Trinajstić information content (AvgIpc) is 2.44. The summed E-state index contributed by atoms with van der Waals surface area (Å²) >= 11 is 2.58. The van der Waals surface area contributed by atoms with Crippen LogP contribution in [0.1, 0.15) is 66.7 Å². The van der Waals surface area contributed by atoms with E-state index in [9.17, 15) is 0 Å². The summed E-state index contributed by atoms with van der Waals surface area (Å²) in [7, 11) is 6.89. The molecular weight excluding hydrogens is 408 g/mol. The molecule has 3 rings (SSSR count). The molecule has 1 saturated carbocycles. The van der Waals surface area contributed by atoms with Gasteiger partial charge in [0.25, 0.3) is 0 Å². The number of rotatable bonds is 2. The Kier molecular flexibility index (Phi) is 5.44. The van der Waals surface area contributed by atoms with Gasteiger partial charge in [-0.3, -0.25) is 4.90 Å². The minimum absolute atomic E-state index is 0.0810. The molecule has 2 aliphatic heterocycles. The van der Waals surface area contributed by atoms with Crippen molar-refractivity contribution in [2.75, 3.05) is 19.8 Å². The molecule has 136 valence electrons. The molecule has 24 heavy (non-hydrogen) atoms. The van der Waals surface area contributed by atoms with Gasteiger partial charge >= 0.3 is 0 Å². The van der Waals surface area contributed by atoms with E-state index >= 15 is 0 Å². The zero-order valence-electron chi connectivity index (χ0n) is 16.3. The van der Waals surface area contributed by atoms with Crippen molar-refractivity contribution in [3.63, 3.8) is 0 Å². The highest BCUT2D eigenvalue weighted by molar-refractivity contribution is 14.1. The summed E-state index contributed by atoms with van der Waals surface area (Å²) in [6, 6.07) is 0.620. The van der Waals surface area contributed by atoms with Crippen LogP contribution in [0.15, 0.2) is 0 Å². The summed E-state index contributed by atoms with van der Waals surface area (Å²) in [6.45, 7) is 15.1. The third kappa shape index (κ3) is 2.91. The maximum atomic E-state index is 6.89. The number of hydrogen-bond acceptors (Lipinski definition) is 2. The first-order valence-corrected chi connectivity index (χ1v) is 11.0. The third-order valence-electron chi connectivity index (χ3n) is 7.87. The van der Waals surface area contributed by atoms with Crippen LogP contribution in [-0.2, 0) is 4.74 Å². The number of halogens is 1. The maximum absolute atomic E-state index is 6.89. The fourth-order valence-corrected chi connectivity index (χ4v) is 7.11. The van der Waals surface area contributed by atoms with E-state index in [1.165, 1.54) is 32.2 Å². The molecule has 2 nitrogen and oxygen atoms in total. The van der Waals surface area contributed by atoms with Gasteiger partial charge < -0.3 is 4.74 Å². The van der Waals surface area contributed by atoms with E-state index in [0.717, 1.165) is 31.5 Å². The van der Waals surface area contributed by atoms with Gasteiger partial charge in [-0.15, -0.1) is 0 Å². The van der Waals surface area contributed by atoms with E-state index in [1.807, 2.05) is 0 Å². The van der Waals surface area contributed by atoms with Crippen LogP contribution in [0.5, 0.6) is 0 Å². The largest absolute Gasteiger partial charge is 0.377 e. The lowest BCUT2D eigenvalue weighted by atomic mass is 9.51. The van der Waals surface area contributed by atoms with Crippen LogP contribution in [-0.4, -0.2) is 47.4 Å². The molecule has 2 heterocycles. The number of piperidine rings is 1. The summed E-state index contributed by atoms with van der Waals surface area (Å²) in [4.78, 5) is 2.77. The first-order valence-electron chi connectivity index (χ1n) is 9.96. The number of fused-ring (bicyclic) bond motifs is 2. The summed E-state index contributed by atoms with van der Waals surface area (Å²) in [5.41, 5.74) is 0.525. The van der Waals surface area contributed by atoms with Gasteiger partial charge in [0.15, 0.2) is 0 Å². The van der Waals surface area contributed by atoms with Crippen molar-refractivity contribution in [3.8, 4) is 0 Å². The van der Waals surface area contributed by atoms with Crippen LogP contribution in [0.4, 0.5) is 0 Å². The van der Waals surface area contributed by atoms with Crippen molar-refractivity contribution < 1.29 is 4.74 Å². The van der Waals surface area contributed by atoms with E-state index in [1.54, 1.807) is 0 Å². The predicted molar refractivity (Wildman–Crippen MR) is 111 cm³/mol. The molecule has 2 radical (unpaired) electrons. The van der Waals surface area contributed by atoms with Gasteiger partial charge in [-0.1, -0.05) is 49.8 Å². The van der Waals surface area contributed by atoms with Gasteiger partial charge in [0.1, 0.15) is 0 Å². The Bertz CT molecular complexity index is 463. The molecule has 0 aromatic heterocycles. The molecule has 3 aliphatic rings. The molecular formula is C20H35BINO. The molecule has 1 spiro atoms. The highest BCUT2D eigenvalue weighted by atomic mass is 127. The molecule has 1 aliphatic carbocycles. The number of likely N-dealkylation sites (tertiary alicyclic amines) is 1. The Morgan fingerprint density at radius 3 is 2.33 bits per heavy atom. The molecule has 0 bridgehead atoms. The standard InChI is InChI=1S/C20H35BINO/c1-14(2)18(5)11-16-8-10-23(15(3)4)19(12-24-13-19)17(16)7-6-9-20(18,21)22/h14-17H,6-13H2,1-5H3. The van der Waals surface area contributed by atoms with Gasteiger partial charge in [0.2, 0.25) is 0 Å². The first-order chi connectivity index (χ1) is 11.1. The molecule has 0 N–H and O–H groups in total. The van der Waals surface area contributed by atoms with E-state index in [4.69, 9.17) is 12.6 Å². The van der Waals surface area contributed by atoms with Gasteiger partial charge in [-0.2, -0.15) is 0 Å². The summed E-state index contributed by atoms with van der Waals surface area (Å²) in [5.74, 6) is 2.21. The van der Waals surface area contributed by atoms with Crippen LogP contribution in [0.25, 0.3) is 0 Å². The van der Waals surface area contributed by atoms with Crippen molar-refractivity contribution in [2.45, 2.75) is 81.6 Å². The lowest BCUT2D eigenvalue weighted by molar-refractivity contribution is -0.212. The third-order valence-corrected chi connectivity index (χ3v) is 9.64. The van der Waals surface area contributed by atoms with Crippen molar-refractivity contribution in [1.82, 2.24) is 4.90 Å². The molecule has 3 fully saturated rings. The fourth-order valence-electron chi connectivity index (χ4n) is 5.89. The molecule has 4 heteroatoms. The summed E-state index contributed by atoms with van der Waals surface area (Å²) < 4.78 is 5.71. The van der Waals surface area contributed by atoms with E-state index in [-0.39, 0.29) is 8.74 Å². The number of ether oxygens (including phenoxy) is 1. The quantitative estimate of drug-likeness (QED) is 0.351. The number of alkyl halides is 1. The van der Waals surface area contributed by atoms with Crippen LogP contribution in [0.3, 0.4) is 0 Å². The molecule has 4 unspecified atom stereocenters. The Morgan fingerprint density at radius 2 is 1.83 bits per heavy atom. The van der Waals surface area contributed by atoms with E-state index < -0.39 is 0 Å². The van der Waals surface area contributed by atoms with Crippen LogP contribution in [0.2, 0.25) is 0 Å². The summed E-state index contributed by atoms with van der Waals surface area (Å²) in [5, 5.41) is 0. The monoisotopic (exact) mass is 443 g/mol. The zero-order valence-corrected chi connectivity index (χ0v) is 18.4. The Balaban J connectivity index is 1.92. The van der Waals surface area contributed by atoms with Gasteiger partial charge in [-0.05, 0) is 72.6 Å². The van der Waals surface area contributed by atoms with Crippen LogP contribution in [0, 0.1) is 23.2 Å². The second-order valence-corrected chi connectivity index (χ2v) is 11.5. The SMILES string of the molecule is [B]C1(I)CCCC2C(CCN(C(C)C)C23COC3)CC1(C)C(C)C. The maximum Gasteiger partial charge on any atom is 0.0897 e. The highest BCUT2D eigenvalue weighted by Gasteiger charge is 2.58. The highest BCUT2D eigenvalue weighted by Crippen LogP contribution is 2.57. The molecule has 2 saturated heterocycles. The topological polar surface area (TPSA) is 12.5 Å². The predicted octanol–water partition coefficient (Wildman–Crippen LogP) is 4.64. The number of nitrogens with zero attached hydrogens (tertiary/aromatic N) is 1. The average molecular weight is 443 g/mol. The fraction of sp³-hybridized carbons (Fsp3) is 1.00. The van der Waals surface area contributed by atoms with Gasteiger partial charge in [0.05, 0.1) is 26.6 Å². The van der Waals surface area contributed by atoms with Crippen molar-refractivity contribution >= 4 is 30.4 Å². The Labute approximate surface area is 164 Å². The van der Waals surface area contributed by atoms with Crippen molar-refractivity contribution in [3.05, 3.63) is 0 Å². The molecule has 0 aromatic rings.